The van der Waals surface area contributed by atoms with Crippen LogP contribution in [0.1, 0.15) is 49.1 Å². The van der Waals surface area contributed by atoms with Crippen molar-refractivity contribution in [1.29, 1.82) is 0 Å². The highest BCUT2D eigenvalue weighted by Crippen LogP contribution is 2.56. The molecule has 170 valence electrons. The van der Waals surface area contributed by atoms with Crippen LogP contribution in [0.5, 0.6) is 5.75 Å². The number of methoxy groups -OCH3 is 1. The first kappa shape index (κ1) is 20.6. The fourth-order valence-corrected chi connectivity index (χ4v) is 6.80. The van der Waals surface area contributed by atoms with Crippen molar-refractivity contribution in [3.05, 3.63) is 53.6 Å². The van der Waals surface area contributed by atoms with Gasteiger partial charge in [0.05, 0.1) is 19.3 Å². The normalized spacial score (nSPS) is 32.6. The highest BCUT2D eigenvalue weighted by atomic mass is 16.5. The molecule has 0 amide bonds. The Morgan fingerprint density at radius 3 is 2.66 bits per heavy atom. The third-order valence-electron chi connectivity index (χ3n) is 8.73. The molecule has 2 saturated heterocycles. The summed E-state index contributed by atoms with van der Waals surface area (Å²) in [5.74, 6) is 2.60. The third kappa shape index (κ3) is 3.27. The number of nitrogens with zero attached hydrogens (tertiary/aromatic N) is 4. The number of rotatable bonds is 5. The van der Waals surface area contributed by atoms with Gasteiger partial charge in [-0.2, -0.15) is 0 Å². The van der Waals surface area contributed by atoms with E-state index in [2.05, 4.69) is 38.0 Å². The Kier molecular flexibility index (Phi) is 5.01. The van der Waals surface area contributed by atoms with E-state index in [1.165, 1.54) is 24.0 Å². The molecule has 2 aliphatic heterocycles. The van der Waals surface area contributed by atoms with Crippen LogP contribution < -0.4 is 4.74 Å². The predicted molar refractivity (Wildman–Crippen MR) is 123 cm³/mol. The Bertz CT molecular complexity index is 981. The number of aromatic nitrogens is 2. The average molecular weight is 435 g/mol. The van der Waals surface area contributed by atoms with Crippen LogP contribution in [-0.2, 0) is 18.4 Å². The molecule has 6 heteroatoms. The molecular weight excluding hydrogens is 400 g/mol. The summed E-state index contributed by atoms with van der Waals surface area (Å²) < 4.78 is 5.62. The molecule has 3 fully saturated rings. The van der Waals surface area contributed by atoms with E-state index >= 15 is 0 Å². The van der Waals surface area contributed by atoms with Crippen molar-refractivity contribution in [2.75, 3.05) is 33.3 Å². The van der Waals surface area contributed by atoms with E-state index in [0.717, 1.165) is 75.9 Å². The van der Waals surface area contributed by atoms with Gasteiger partial charge < -0.3 is 9.84 Å². The van der Waals surface area contributed by atoms with Crippen molar-refractivity contribution in [2.24, 2.45) is 5.92 Å². The Morgan fingerprint density at radius 1 is 1.09 bits per heavy atom. The maximum Gasteiger partial charge on any atom is 0.142 e. The van der Waals surface area contributed by atoms with Gasteiger partial charge in [-0.05, 0) is 86.9 Å². The average Bonchev–Trinajstić information content (AvgIpc) is 3.64. The van der Waals surface area contributed by atoms with E-state index in [9.17, 15) is 5.11 Å². The highest BCUT2D eigenvalue weighted by molar-refractivity contribution is 5.48. The Labute approximate surface area is 190 Å². The van der Waals surface area contributed by atoms with Gasteiger partial charge in [-0.15, -0.1) is 0 Å². The molecule has 32 heavy (non-hydrogen) atoms. The third-order valence-corrected chi connectivity index (χ3v) is 8.73. The van der Waals surface area contributed by atoms with Crippen molar-refractivity contribution >= 4 is 0 Å². The lowest BCUT2D eigenvalue weighted by molar-refractivity contribution is -0.149. The number of hydrogen-bond donors (Lipinski definition) is 1. The molecule has 6 rings (SSSR count). The molecule has 6 nitrogen and oxygen atoms in total. The van der Waals surface area contributed by atoms with Crippen molar-refractivity contribution in [2.45, 2.75) is 62.1 Å². The van der Waals surface area contributed by atoms with Gasteiger partial charge in [-0.25, -0.2) is 9.97 Å². The van der Waals surface area contributed by atoms with Crippen LogP contribution >= 0.6 is 0 Å². The number of ether oxygens (including phenoxy) is 1. The summed E-state index contributed by atoms with van der Waals surface area (Å²) in [5.41, 5.74) is 1.80. The summed E-state index contributed by atoms with van der Waals surface area (Å²) in [4.78, 5) is 14.0. The Morgan fingerprint density at radius 2 is 1.88 bits per heavy atom. The number of benzene rings is 1. The monoisotopic (exact) mass is 434 g/mol. The zero-order valence-corrected chi connectivity index (χ0v) is 19.0. The van der Waals surface area contributed by atoms with Crippen LogP contribution in [-0.4, -0.2) is 69.8 Å². The first-order valence-corrected chi connectivity index (χ1v) is 12.2. The summed E-state index contributed by atoms with van der Waals surface area (Å²) in [6.45, 7) is 4.81. The minimum absolute atomic E-state index is 0.200. The number of hydrogen-bond acceptors (Lipinski definition) is 6. The molecule has 1 aromatic carbocycles. The molecule has 2 aliphatic carbocycles. The second-order valence-corrected chi connectivity index (χ2v) is 10.4. The summed E-state index contributed by atoms with van der Waals surface area (Å²) >= 11 is 0. The molecular formula is C26H34N4O2. The van der Waals surface area contributed by atoms with Crippen molar-refractivity contribution in [3.8, 4) is 5.75 Å². The number of fused-ring (bicyclic) bond motifs is 1. The zero-order chi connectivity index (χ0) is 21.8. The summed E-state index contributed by atoms with van der Waals surface area (Å²) in [5, 5.41) is 12.6. The molecule has 0 radical (unpaired) electrons. The first-order chi connectivity index (χ1) is 15.6. The Balaban J connectivity index is 1.38. The lowest BCUT2D eigenvalue weighted by atomic mass is 9.52. The lowest BCUT2D eigenvalue weighted by Gasteiger charge is -2.61. The van der Waals surface area contributed by atoms with Gasteiger partial charge in [0.2, 0.25) is 0 Å². The number of aliphatic hydroxyl groups is 1. The second-order valence-electron chi connectivity index (χ2n) is 10.4. The molecule has 2 aromatic rings. The standard InChI is InChI=1S/C26H34N4O2/c1-32-21-6-5-20-15-23-26(31)9-13-29(18-24-27-10-2-11-28-24)12-7-25(26,22(20)16-21)8-14-30(23)17-19-3-4-19/h2,5-6,10-11,16,19,23,31H,3-4,7-9,12-15,17-18H2,1H3. The van der Waals surface area contributed by atoms with Crippen LogP contribution in [0.3, 0.4) is 0 Å². The molecule has 3 atom stereocenters. The van der Waals surface area contributed by atoms with Gasteiger partial charge in [-0.3, -0.25) is 9.80 Å². The van der Waals surface area contributed by atoms with Crippen molar-refractivity contribution < 1.29 is 9.84 Å². The van der Waals surface area contributed by atoms with E-state index in [1.54, 1.807) is 7.11 Å². The molecule has 3 heterocycles. The summed E-state index contributed by atoms with van der Waals surface area (Å²) in [6, 6.07) is 8.64. The molecule has 1 N–H and O–H groups in total. The van der Waals surface area contributed by atoms with Crippen LogP contribution in [0.15, 0.2) is 36.7 Å². The predicted octanol–water partition coefficient (Wildman–Crippen LogP) is 2.79. The Hall–Kier alpha value is -2.02. The van der Waals surface area contributed by atoms with Crippen molar-refractivity contribution in [3.63, 3.8) is 0 Å². The first-order valence-electron chi connectivity index (χ1n) is 12.2. The molecule has 1 aromatic heterocycles. The van der Waals surface area contributed by atoms with E-state index in [0.29, 0.717) is 0 Å². The summed E-state index contributed by atoms with van der Waals surface area (Å²) in [6.07, 6.45) is 10.0. The minimum atomic E-state index is -0.716. The number of likely N-dealkylation sites (tertiary alicyclic amines) is 2. The molecule has 4 aliphatic rings. The smallest absolute Gasteiger partial charge is 0.142 e. The van der Waals surface area contributed by atoms with Gasteiger partial charge in [0.1, 0.15) is 11.6 Å². The van der Waals surface area contributed by atoms with Gasteiger partial charge in [0.15, 0.2) is 0 Å². The van der Waals surface area contributed by atoms with E-state index < -0.39 is 5.60 Å². The van der Waals surface area contributed by atoms with Gasteiger partial charge in [-0.1, -0.05) is 6.07 Å². The van der Waals surface area contributed by atoms with E-state index in [1.807, 2.05) is 18.5 Å². The highest BCUT2D eigenvalue weighted by Gasteiger charge is 2.63. The second kappa shape index (κ2) is 7.79. The maximum absolute atomic E-state index is 12.6. The fourth-order valence-electron chi connectivity index (χ4n) is 6.80. The molecule has 0 spiro atoms. The van der Waals surface area contributed by atoms with Crippen LogP contribution in [0.25, 0.3) is 0 Å². The maximum atomic E-state index is 12.6. The van der Waals surface area contributed by atoms with E-state index in [-0.39, 0.29) is 11.5 Å². The van der Waals surface area contributed by atoms with Crippen LogP contribution in [0, 0.1) is 5.92 Å². The zero-order valence-electron chi connectivity index (χ0n) is 19.0. The van der Waals surface area contributed by atoms with E-state index in [4.69, 9.17) is 4.74 Å². The minimum Gasteiger partial charge on any atom is -0.497 e. The SMILES string of the molecule is COc1ccc2c(c1)C13CCN(Cc4ncccn4)CCC1(O)C(C2)N(CC1CC1)CC3. The van der Waals surface area contributed by atoms with Gasteiger partial charge in [0.25, 0.3) is 0 Å². The van der Waals surface area contributed by atoms with Crippen molar-refractivity contribution in [1.82, 2.24) is 19.8 Å². The largest absolute Gasteiger partial charge is 0.497 e. The van der Waals surface area contributed by atoms with Gasteiger partial charge >= 0.3 is 0 Å². The topological polar surface area (TPSA) is 61.7 Å². The fraction of sp³-hybridized carbons (Fsp3) is 0.615. The lowest BCUT2D eigenvalue weighted by Crippen LogP contribution is -2.71. The quantitative estimate of drug-likeness (QED) is 0.781. The van der Waals surface area contributed by atoms with Crippen LogP contribution in [0.4, 0.5) is 0 Å². The number of piperidine rings is 1. The van der Waals surface area contributed by atoms with Gasteiger partial charge in [0, 0.05) is 36.9 Å². The molecule has 1 saturated carbocycles. The molecule has 3 unspecified atom stereocenters. The van der Waals surface area contributed by atoms with Crippen LogP contribution in [0.2, 0.25) is 0 Å². The molecule has 2 bridgehead atoms. The summed E-state index contributed by atoms with van der Waals surface area (Å²) in [7, 11) is 1.74.